The fourth-order valence-corrected chi connectivity index (χ4v) is 7.94. The van der Waals surface area contributed by atoms with Gasteiger partial charge in [0, 0.05) is 6.54 Å². The van der Waals surface area contributed by atoms with Crippen molar-refractivity contribution in [2.24, 2.45) is 0 Å². The van der Waals surface area contributed by atoms with Crippen molar-refractivity contribution in [3.63, 3.8) is 0 Å². The average Bonchev–Trinajstić information content (AvgIpc) is 3.26. The predicted molar refractivity (Wildman–Crippen MR) is 103 cm³/mol. The van der Waals surface area contributed by atoms with Crippen molar-refractivity contribution in [3.05, 3.63) is 29.8 Å². The van der Waals surface area contributed by atoms with Gasteiger partial charge in [-0.05, 0) is 70.8 Å². The van der Waals surface area contributed by atoms with Crippen molar-refractivity contribution < 1.29 is 17.6 Å². The Morgan fingerprint density at radius 2 is 1.81 bits per heavy atom. The van der Waals surface area contributed by atoms with Gasteiger partial charge in [0.25, 0.3) is 0 Å². The Labute approximate surface area is 157 Å². The maximum Gasteiger partial charge on any atom is 0.245 e. The van der Waals surface area contributed by atoms with E-state index in [-0.39, 0.29) is 6.10 Å². The Morgan fingerprint density at radius 1 is 1.15 bits per heavy atom. The molecule has 1 saturated carbocycles. The fraction of sp³-hybridized carbons (Fsp3) is 0.684. The van der Waals surface area contributed by atoms with Gasteiger partial charge < -0.3 is 9.16 Å². The second-order valence-corrected chi connectivity index (χ2v) is 15.2. The van der Waals surface area contributed by atoms with Crippen molar-refractivity contribution in [2.45, 2.75) is 81.0 Å². The van der Waals surface area contributed by atoms with Gasteiger partial charge in [-0.25, -0.2) is 8.42 Å². The zero-order valence-corrected chi connectivity index (χ0v) is 17.9. The van der Waals surface area contributed by atoms with E-state index in [1.165, 1.54) is 0 Å². The molecule has 4 rings (SSSR count). The van der Waals surface area contributed by atoms with Crippen LogP contribution in [0, 0.1) is 6.92 Å². The highest BCUT2D eigenvalue weighted by Gasteiger charge is 2.77. The van der Waals surface area contributed by atoms with Crippen LogP contribution in [0.3, 0.4) is 0 Å². The number of ether oxygens (including phenoxy) is 1. The van der Waals surface area contributed by atoms with Gasteiger partial charge in [0.2, 0.25) is 10.0 Å². The molecule has 0 spiro atoms. The number of epoxide rings is 1. The van der Waals surface area contributed by atoms with E-state index in [9.17, 15) is 8.42 Å². The molecule has 2 aliphatic heterocycles. The zero-order chi connectivity index (χ0) is 18.8. The van der Waals surface area contributed by atoms with Crippen molar-refractivity contribution in [2.75, 3.05) is 6.54 Å². The molecular weight excluding hydrogens is 366 g/mol. The van der Waals surface area contributed by atoms with Gasteiger partial charge in [0.1, 0.15) is 11.7 Å². The van der Waals surface area contributed by atoms with E-state index in [0.717, 1.165) is 37.7 Å². The van der Waals surface area contributed by atoms with Gasteiger partial charge in [-0.1, -0.05) is 17.7 Å². The van der Waals surface area contributed by atoms with Crippen LogP contribution in [0.25, 0.3) is 0 Å². The molecule has 1 aromatic rings. The van der Waals surface area contributed by atoms with Gasteiger partial charge in [-0.15, -0.1) is 0 Å². The van der Waals surface area contributed by atoms with Gasteiger partial charge in [0.15, 0.2) is 14.0 Å². The lowest BCUT2D eigenvalue weighted by Gasteiger charge is -2.53. The second-order valence-electron chi connectivity index (χ2n) is 8.90. The summed E-state index contributed by atoms with van der Waals surface area (Å²) in [5.41, 5.74) is -0.219. The summed E-state index contributed by atoms with van der Waals surface area (Å²) in [4.78, 5) is 0.348. The van der Waals surface area contributed by atoms with Crippen LogP contribution in [0.5, 0.6) is 0 Å². The Morgan fingerprint density at radius 3 is 2.35 bits per heavy atom. The highest BCUT2D eigenvalue weighted by atomic mass is 32.2. The molecule has 0 aromatic heterocycles. The lowest BCUT2D eigenvalue weighted by atomic mass is 9.72. The number of fused-ring (bicyclic) bond motifs is 1. The second kappa shape index (κ2) is 5.88. The molecule has 0 radical (unpaired) electrons. The minimum absolute atomic E-state index is 0.0341. The highest BCUT2D eigenvalue weighted by Crippen LogP contribution is 2.62. The largest absolute Gasteiger partial charge is 0.408 e. The summed E-state index contributed by atoms with van der Waals surface area (Å²) in [5, 5.41) is 0. The van der Waals surface area contributed by atoms with Crippen LogP contribution < -0.4 is 0 Å². The molecular formula is C19H29NO4SSi. The van der Waals surface area contributed by atoms with E-state index in [4.69, 9.17) is 9.16 Å². The maximum absolute atomic E-state index is 13.5. The summed E-state index contributed by atoms with van der Waals surface area (Å²) < 4.78 is 41.5. The number of sulfonamides is 1. The van der Waals surface area contributed by atoms with E-state index in [1.807, 2.05) is 19.1 Å². The van der Waals surface area contributed by atoms with Crippen LogP contribution in [-0.4, -0.2) is 45.0 Å². The minimum atomic E-state index is -3.62. The molecule has 2 saturated heterocycles. The summed E-state index contributed by atoms with van der Waals surface area (Å²) in [6, 6.07) is 7.12. The number of hydrogen-bond acceptors (Lipinski definition) is 4. The highest BCUT2D eigenvalue weighted by molar-refractivity contribution is 7.89. The molecule has 3 fully saturated rings. The number of hydrogen-bond donors (Lipinski definition) is 0. The number of benzene rings is 1. The quantitative estimate of drug-likeness (QED) is 0.564. The molecule has 0 unspecified atom stereocenters. The average molecular weight is 396 g/mol. The molecule has 5 nitrogen and oxygen atoms in total. The van der Waals surface area contributed by atoms with Crippen LogP contribution in [0.1, 0.15) is 37.7 Å². The molecule has 0 N–H and O–H groups in total. The Bertz CT molecular complexity index is 798. The standard InChI is InChI=1S/C19H29NO4SSi/c1-15-8-10-16(11-9-15)25(21,22)20-14-5-7-17-19(20,23-17)18(12-6-13-18)24-26(2,3)4/h8-11,17H,5-7,12-14H2,1-4H3/t17-,19+/m0/s1. The minimum Gasteiger partial charge on any atom is -0.408 e. The van der Waals surface area contributed by atoms with Crippen molar-refractivity contribution in [1.29, 1.82) is 0 Å². The summed E-state index contributed by atoms with van der Waals surface area (Å²) in [6.07, 6.45) is 4.55. The maximum atomic E-state index is 13.5. The Balaban J connectivity index is 1.75. The number of piperidine rings is 1. The molecule has 1 aromatic carbocycles. The van der Waals surface area contributed by atoms with Crippen LogP contribution in [-0.2, 0) is 19.2 Å². The molecule has 3 aliphatic rings. The van der Waals surface area contributed by atoms with Crippen LogP contribution in [0.15, 0.2) is 29.2 Å². The summed E-state index contributed by atoms with van der Waals surface area (Å²) in [5.74, 6) is 0. The van der Waals surface area contributed by atoms with E-state index in [2.05, 4.69) is 19.6 Å². The van der Waals surface area contributed by atoms with Gasteiger partial charge in [-0.2, -0.15) is 4.31 Å². The Kier molecular flexibility index (Phi) is 4.21. The third-order valence-electron chi connectivity index (χ3n) is 5.82. The molecule has 26 heavy (non-hydrogen) atoms. The molecule has 1 aliphatic carbocycles. The smallest absolute Gasteiger partial charge is 0.245 e. The monoisotopic (exact) mass is 395 g/mol. The third kappa shape index (κ3) is 2.71. The first-order chi connectivity index (χ1) is 12.1. The lowest BCUT2D eigenvalue weighted by Crippen LogP contribution is -2.67. The number of rotatable bonds is 5. The number of nitrogens with zero attached hydrogens (tertiary/aromatic N) is 1. The molecule has 7 heteroatoms. The summed E-state index contributed by atoms with van der Waals surface area (Å²) in [7, 11) is -5.46. The third-order valence-corrected chi connectivity index (χ3v) is 8.73. The molecule has 0 bridgehead atoms. The topological polar surface area (TPSA) is 59.1 Å². The first kappa shape index (κ1) is 18.6. The fourth-order valence-electron chi connectivity index (χ4n) is 4.62. The van der Waals surface area contributed by atoms with Gasteiger partial charge >= 0.3 is 0 Å². The van der Waals surface area contributed by atoms with E-state index < -0.39 is 29.7 Å². The zero-order valence-electron chi connectivity index (χ0n) is 16.1. The van der Waals surface area contributed by atoms with Crippen LogP contribution in [0.2, 0.25) is 19.6 Å². The SMILES string of the molecule is Cc1ccc(S(=O)(=O)N2CCC[C@@H]3O[C@@]32C2(O[Si](C)(C)C)CCC2)cc1. The molecule has 144 valence electrons. The lowest BCUT2D eigenvalue weighted by molar-refractivity contribution is -0.123. The molecule has 0 amide bonds. The van der Waals surface area contributed by atoms with Gasteiger partial charge in [-0.3, -0.25) is 0 Å². The van der Waals surface area contributed by atoms with Crippen molar-refractivity contribution in [1.82, 2.24) is 4.31 Å². The van der Waals surface area contributed by atoms with Crippen molar-refractivity contribution >= 4 is 18.3 Å². The van der Waals surface area contributed by atoms with Crippen LogP contribution >= 0.6 is 0 Å². The summed E-state index contributed by atoms with van der Waals surface area (Å²) in [6.45, 7) is 8.97. The number of aryl methyl sites for hydroxylation is 1. The molecule has 2 atom stereocenters. The van der Waals surface area contributed by atoms with E-state index in [0.29, 0.717) is 11.4 Å². The van der Waals surface area contributed by atoms with Crippen LogP contribution in [0.4, 0.5) is 0 Å². The molecule has 2 heterocycles. The van der Waals surface area contributed by atoms with Gasteiger partial charge in [0.05, 0.1) is 4.90 Å². The Hall–Kier alpha value is -0.733. The first-order valence-corrected chi connectivity index (χ1v) is 14.4. The first-order valence-electron chi connectivity index (χ1n) is 9.58. The van der Waals surface area contributed by atoms with E-state index in [1.54, 1.807) is 16.4 Å². The normalized spacial score (nSPS) is 31.2. The summed E-state index contributed by atoms with van der Waals surface area (Å²) >= 11 is 0. The van der Waals surface area contributed by atoms with Crippen molar-refractivity contribution in [3.8, 4) is 0 Å². The predicted octanol–water partition coefficient (Wildman–Crippen LogP) is 3.65. The van der Waals surface area contributed by atoms with E-state index >= 15 is 0 Å².